The predicted molar refractivity (Wildman–Crippen MR) is 64.9 cm³/mol. The molecule has 0 unspecified atom stereocenters. The first-order valence-electron chi connectivity index (χ1n) is 4.94. The Morgan fingerprint density at radius 3 is 2.88 bits per heavy atom. The van der Waals surface area contributed by atoms with Gasteiger partial charge in [0.1, 0.15) is 5.01 Å². The minimum Gasteiger partial charge on any atom is -0.389 e. The zero-order chi connectivity index (χ0) is 12.4. The van der Waals surface area contributed by atoms with Gasteiger partial charge < -0.3 is 5.11 Å². The molecule has 0 atom stereocenters. The van der Waals surface area contributed by atoms with Crippen molar-refractivity contribution in [1.82, 2.24) is 4.98 Å². The molecule has 17 heavy (non-hydrogen) atoms. The Balaban J connectivity index is 2.48. The van der Waals surface area contributed by atoms with E-state index in [0.717, 1.165) is 4.88 Å². The Bertz CT molecular complexity index is 566. The fourth-order valence-corrected chi connectivity index (χ4v) is 2.37. The molecule has 0 saturated heterocycles. The second-order valence-corrected chi connectivity index (χ2v) is 4.77. The number of aryl methyl sites for hydroxylation is 1. The molecule has 0 aliphatic heterocycles. The Morgan fingerprint density at radius 2 is 2.29 bits per heavy atom. The van der Waals surface area contributed by atoms with Gasteiger partial charge in [-0.25, -0.2) is 4.98 Å². The van der Waals surface area contributed by atoms with Gasteiger partial charge in [-0.1, -0.05) is 12.1 Å². The number of nitrogens with zero attached hydrogens (tertiary/aromatic N) is 2. The van der Waals surface area contributed by atoms with Crippen LogP contribution in [0.5, 0.6) is 0 Å². The summed E-state index contributed by atoms with van der Waals surface area (Å²) in [4.78, 5) is 15.4. The van der Waals surface area contributed by atoms with Crippen molar-refractivity contribution in [2.75, 3.05) is 0 Å². The standard InChI is InChI=1S/C11H10N2O3S/c1-7-11(12-10(6-14)17-7)8-3-2-4-9(5-8)13(15)16/h2-5,14H,6H2,1H3. The van der Waals surface area contributed by atoms with E-state index in [-0.39, 0.29) is 12.3 Å². The van der Waals surface area contributed by atoms with E-state index in [1.165, 1.54) is 23.5 Å². The third kappa shape index (κ3) is 2.32. The maximum atomic E-state index is 10.7. The van der Waals surface area contributed by atoms with Gasteiger partial charge in [-0.15, -0.1) is 11.3 Å². The van der Waals surface area contributed by atoms with Gasteiger partial charge in [0.05, 0.1) is 17.2 Å². The molecule has 5 nitrogen and oxygen atoms in total. The third-order valence-corrected chi connectivity index (χ3v) is 3.26. The number of rotatable bonds is 3. The highest BCUT2D eigenvalue weighted by molar-refractivity contribution is 7.12. The summed E-state index contributed by atoms with van der Waals surface area (Å²) >= 11 is 1.39. The first-order chi connectivity index (χ1) is 8.11. The monoisotopic (exact) mass is 250 g/mol. The molecule has 0 amide bonds. The summed E-state index contributed by atoms with van der Waals surface area (Å²) in [5.74, 6) is 0. The lowest BCUT2D eigenvalue weighted by Gasteiger charge is -1.98. The number of aliphatic hydroxyl groups is 1. The van der Waals surface area contributed by atoms with Gasteiger partial charge in [-0.2, -0.15) is 0 Å². The molecular formula is C11H10N2O3S. The van der Waals surface area contributed by atoms with Crippen LogP contribution in [0.15, 0.2) is 24.3 Å². The quantitative estimate of drug-likeness (QED) is 0.670. The fourth-order valence-electron chi connectivity index (χ4n) is 1.55. The van der Waals surface area contributed by atoms with E-state index in [2.05, 4.69) is 4.98 Å². The summed E-state index contributed by atoms with van der Waals surface area (Å²) in [6.45, 7) is 1.77. The van der Waals surface area contributed by atoms with Gasteiger partial charge in [0.25, 0.3) is 5.69 Å². The lowest BCUT2D eigenvalue weighted by Crippen LogP contribution is -1.89. The normalized spacial score (nSPS) is 10.5. The first kappa shape index (κ1) is 11.7. The summed E-state index contributed by atoms with van der Waals surface area (Å²) in [5, 5.41) is 20.3. The molecule has 1 heterocycles. The molecule has 0 bridgehead atoms. The molecule has 0 radical (unpaired) electrons. The summed E-state index contributed by atoms with van der Waals surface area (Å²) in [6.07, 6.45) is 0. The van der Waals surface area contributed by atoms with Crippen LogP contribution < -0.4 is 0 Å². The lowest BCUT2D eigenvalue weighted by molar-refractivity contribution is -0.384. The molecule has 88 valence electrons. The molecule has 2 aromatic rings. The topological polar surface area (TPSA) is 76.3 Å². The maximum absolute atomic E-state index is 10.7. The molecular weight excluding hydrogens is 240 g/mol. The van der Waals surface area contributed by atoms with Crippen LogP contribution in [0.3, 0.4) is 0 Å². The molecule has 0 saturated carbocycles. The van der Waals surface area contributed by atoms with Crippen LogP contribution in [0, 0.1) is 17.0 Å². The number of hydrogen-bond acceptors (Lipinski definition) is 5. The lowest BCUT2D eigenvalue weighted by atomic mass is 10.1. The highest BCUT2D eigenvalue weighted by atomic mass is 32.1. The van der Waals surface area contributed by atoms with Crippen molar-refractivity contribution in [2.24, 2.45) is 0 Å². The molecule has 0 spiro atoms. The summed E-state index contributed by atoms with van der Waals surface area (Å²) in [7, 11) is 0. The van der Waals surface area contributed by atoms with E-state index < -0.39 is 4.92 Å². The van der Waals surface area contributed by atoms with E-state index in [4.69, 9.17) is 5.11 Å². The summed E-state index contributed by atoms with van der Waals surface area (Å²) in [6, 6.07) is 6.34. The molecule has 1 aromatic carbocycles. The van der Waals surface area contributed by atoms with E-state index in [0.29, 0.717) is 16.3 Å². The number of nitro benzene ring substituents is 1. The number of non-ortho nitro benzene ring substituents is 1. The van der Waals surface area contributed by atoms with Crippen LogP contribution in [-0.2, 0) is 6.61 Å². The van der Waals surface area contributed by atoms with Crippen molar-refractivity contribution in [3.05, 3.63) is 44.3 Å². The molecule has 6 heteroatoms. The molecule has 2 rings (SSSR count). The number of aliphatic hydroxyl groups excluding tert-OH is 1. The van der Waals surface area contributed by atoms with E-state index in [9.17, 15) is 10.1 Å². The van der Waals surface area contributed by atoms with Crippen molar-refractivity contribution in [2.45, 2.75) is 13.5 Å². The zero-order valence-electron chi connectivity index (χ0n) is 9.08. The maximum Gasteiger partial charge on any atom is 0.270 e. The van der Waals surface area contributed by atoms with Gasteiger partial charge in [-0.3, -0.25) is 10.1 Å². The Labute approximate surface area is 102 Å². The van der Waals surface area contributed by atoms with Crippen molar-refractivity contribution in [1.29, 1.82) is 0 Å². The number of nitro groups is 1. The fraction of sp³-hybridized carbons (Fsp3) is 0.182. The van der Waals surface area contributed by atoms with Crippen LogP contribution >= 0.6 is 11.3 Å². The molecule has 0 fully saturated rings. The van der Waals surface area contributed by atoms with Crippen molar-refractivity contribution >= 4 is 17.0 Å². The van der Waals surface area contributed by atoms with Gasteiger partial charge in [0.15, 0.2) is 0 Å². The van der Waals surface area contributed by atoms with E-state index in [1.54, 1.807) is 12.1 Å². The number of thiazole rings is 1. The van der Waals surface area contributed by atoms with Crippen molar-refractivity contribution < 1.29 is 10.0 Å². The van der Waals surface area contributed by atoms with Crippen molar-refractivity contribution in [3.8, 4) is 11.3 Å². The van der Waals surface area contributed by atoms with Gasteiger partial charge >= 0.3 is 0 Å². The minimum absolute atomic E-state index is 0.0421. The Kier molecular flexibility index (Phi) is 3.16. The van der Waals surface area contributed by atoms with E-state index in [1.807, 2.05) is 6.92 Å². The average molecular weight is 250 g/mol. The smallest absolute Gasteiger partial charge is 0.270 e. The molecule has 0 aliphatic rings. The highest BCUT2D eigenvalue weighted by Gasteiger charge is 2.12. The van der Waals surface area contributed by atoms with Crippen LogP contribution in [0.25, 0.3) is 11.3 Å². The largest absolute Gasteiger partial charge is 0.389 e. The second-order valence-electron chi connectivity index (χ2n) is 3.48. The Hall–Kier alpha value is -1.79. The minimum atomic E-state index is -0.432. The number of hydrogen-bond donors (Lipinski definition) is 1. The van der Waals surface area contributed by atoms with Gasteiger partial charge in [0, 0.05) is 22.6 Å². The van der Waals surface area contributed by atoms with Crippen LogP contribution in [0.1, 0.15) is 9.88 Å². The van der Waals surface area contributed by atoms with Crippen molar-refractivity contribution in [3.63, 3.8) is 0 Å². The molecule has 1 aromatic heterocycles. The van der Waals surface area contributed by atoms with Gasteiger partial charge in [0.2, 0.25) is 0 Å². The SMILES string of the molecule is Cc1sc(CO)nc1-c1cccc([N+](=O)[O-])c1. The summed E-state index contributed by atoms with van der Waals surface area (Å²) < 4.78 is 0. The van der Waals surface area contributed by atoms with E-state index >= 15 is 0 Å². The predicted octanol–water partition coefficient (Wildman–Crippen LogP) is 2.52. The van der Waals surface area contributed by atoms with Crippen LogP contribution in [-0.4, -0.2) is 15.0 Å². The van der Waals surface area contributed by atoms with Crippen LogP contribution in [0.4, 0.5) is 5.69 Å². The summed E-state index contributed by atoms with van der Waals surface area (Å²) in [5.41, 5.74) is 1.44. The number of benzene rings is 1. The average Bonchev–Trinajstić information content (AvgIpc) is 2.71. The second kappa shape index (κ2) is 4.60. The van der Waals surface area contributed by atoms with Crippen LogP contribution in [0.2, 0.25) is 0 Å². The molecule has 0 aliphatic carbocycles. The first-order valence-corrected chi connectivity index (χ1v) is 5.75. The third-order valence-electron chi connectivity index (χ3n) is 2.31. The molecule has 1 N–H and O–H groups in total. The van der Waals surface area contributed by atoms with Gasteiger partial charge in [-0.05, 0) is 6.92 Å². The number of aromatic nitrogens is 1. The highest BCUT2D eigenvalue weighted by Crippen LogP contribution is 2.29. The zero-order valence-corrected chi connectivity index (χ0v) is 9.90. The Morgan fingerprint density at radius 1 is 1.53 bits per heavy atom.